The van der Waals surface area contributed by atoms with Gasteiger partial charge in [-0.3, -0.25) is 0 Å². The molecule has 6 rings (SSSR count). The number of hydrogen-bond acceptors (Lipinski definition) is 4. The molecule has 0 radical (unpaired) electrons. The molecule has 0 saturated carbocycles. The normalized spacial score (nSPS) is 15.1. The maximum absolute atomic E-state index is 14.2. The zero-order valence-electron chi connectivity index (χ0n) is 28.1. The van der Waals surface area contributed by atoms with Crippen LogP contribution in [0.3, 0.4) is 0 Å². The topological polar surface area (TPSA) is 15.3 Å². The summed E-state index contributed by atoms with van der Waals surface area (Å²) in [5, 5.41) is 3.32. The minimum absolute atomic E-state index is 0. The van der Waals surface area contributed by atoms with Gasteiger partial charge in [-0.25, -0.2) is 13.2 Å². The molecule has 2 heterocycles. The van der Waals surface area contributed by atoms with E-state index in [1.807, 2.05) is 31.2 Å². The molecule has 49 heavy (non-hydrogen) atoms. The molecule has 1 N–H and O–H groups in total. The van der Waals surface area contributed by atoms with Gasteiger partial charge in [0, 0.05) is 24.1 Å². The third-order valence-electron chi connectivity index (χ3n) is 8.33. The SMILES string of the molecule is C=CC.C=Cc1ccc(Sc2ccc(F)cc2C2CCNCC2)c(F)c1.CN1CCC(c2cc(F)ccc2Sc2ccc(Br)cc2)CC1.Cl. The number of rotatable bonds is 7. The number of nitrogens with one attached hydrogen (secondary N) is 1. The molecule has 2 fully saturated rings. The molecule has 4 aromatic rings. The highest BCUT2D eigenvalue weighted by Gasteiger charge is 2.22. The number of likely N-dealkylation sites (tertiary alicyclic amines) is 1. The second kappa shape index (κ2) is 21.0. The molecule has 9 heteroatoms. The van der Waals surface area contributed by atoms with Crippen LogP contribution >= 0.6 is 51.9 Å². The molecule has 2 aliphatic heterocycles. The molecule has 4 aromatic carbocycles. The number of halogens is 5. The summed E-state index contributed by atoms with van der Waals surface area (Å²) in [6, 6.07) is 23.4. The van der Waals surface area contributed by atoms with Crippen molar-refractivity contribution in [2.24, 2.45) is 0 Å². The van der Waals surface area contributed by atoms with Gasteiger partial charge in [0.1, 0.15) is 17.5 Å². The first-order valence-corrected chi connectivity index (χ1v) is 18.7. The maximum atomic E-state index is 14.2. The van der Waals surface area contributed by atoms with Crippen LogP contribution in [0.5, 0.6) is 0 Å². The first-order valence-electron chi connectivity index (χ1n) is 16.3. The third kappa shape index (κ3) is 12.7. The maximum Gasteiger partial charge on any atom is 0.137 e. The van der Waals surface area contributed by atoms with E-state index in [-0.39, 0.29) is 29.9 Å². The molecular weight excluding hydrogens is 745 g/mol. The first kappa shape index (κ1) is 41.0. The molecule has 0 aromatic heterocycles. The summed E-state index contributed by atoms with van der Waals surface area (Å²) in [5.74, 6) is 0.155. The first-order chi connectivity index (χ1) is 23.2. The molecule has 2 saturated heterocycles. The van der Waals surface area contributed by atoms with Gasteiger partial charge in [0.25, 0.3) is 0 Å². The average Bonchev–Trinajstić information content (AvgIpc) is 3.09. The van der Waals surface area contributed by atoms with E-state index < -0.39 is 0 Å². The van der Waals surface area contributed by atoms with Crippen molar-refractivity contribution in [3.8, 4) is 0 Å². The van der Waals surface area contributed by atoms with Crippen LogP contribution in [0.4, 0.5) is 13.2 Å². The van der Waals surface area contributed by atoms with E-state index in [0.717, 1.165) is 72.4 Å². The van der Waals surface area contributed by atoms with Crippen molar-refractivity contribution < 1.29 is 13.2 Å². The lowest BCUT2D eigenvalue weighted by atomic mass is 9.89. The Kier molecular flexibility index (Phi) is 17.6. The van der Waals surface area contributed by atoms with Gasteiger partial charge in [0.05, 0.1) is 0 Å². The minimum Gasteiger partial charge on any atom is -0.317 e. The fourth-order valence-electron chi connectivity index (χ4n) is 5.79. The Balaban J connectivity index is 0.000000241. The zero-order valence-corrected chi connectivity index (χ0v) is 32.1. The van der Waals surface area contributed by atoms with Crippen molar-refractivity contribution >= 4 is 57.9 Å². The summed E-state index contributed by atoms with van der Waals surface area (Å²) >= 11 is 6.55. The third-order valence-corrected chi connectivity index (χ3v) is 11.1. The van der Waals surface area contributed by atoms with Gasteiger partial charge >= 0.3 is 0 Å². The Morgan fingerprint density at radius 1 is 0.735 bits per heavy atom. The smallest absolute Gasteiger partial charge is 0.137 e. The summed E-state index contributed by atoms with van der Waals surface area (Å²) in [6.07, 6.45) is 7.54. The molecule has 0 atom stereocenters. The highest BCUT2D eigenvalue weighted by molar-refractivity contribution is 9.10. The van der Waals surface area contributed by atoms with Crippen LogP contribution < -0.4 is 5.32 Å². The van der Waals surface area contributed by atoms with E-state index in [0.29, 0.717) is 16.7 Å². The molecule has 0 spiro atoms. The summed E-state index contributed by atoms with van der Waals surface area (Å²) in [4.78, 5) is 6.19. The molecule has 2 aliphatic rings. The van der Waals surface area contributed by atoms with Crippen molar-refractivity contribution in [3.05, 3.63) is 137 Å². The number of benzene rings is 4. The van der Waals surface area contributed by atoms with Crippen molar-refractivity contribution in [3.63, 3.8) is 0 Å². The molecule has 0 bridgehead atoms. The van der Waals surface area contributed by atoms with Crippen molar-refractivity contribution in [2.75, 3.05) is 33.2 Å². The zero-order chi connectivity index (χ0) is 34.5. The van der Waals surface area contributed by atoms with Gasteiger partial charge in [0.2, 0.25) is 0 Å². The highest BCUT2D eigenvalue weighted by atomic mass is 79.9. The van der Waals surface area contributed by atoms with Crippen LogP contribution in [0.1, 0.15) is 61.1 Å². The number of allylic oxidation sites excluding steroid dienone is 1. The Bertz CT molecular complexity index is 1640. The molecule has 0 unspecified atom stereocenters. The fraction of sp³-hybridized carbons (Fsp3) is 0.300. The Morgan fingerprint density at radius 2 is 1.24 bits per heavy atom. The van der Waals surface area contributed by atoms with E-state index >= 15 is 0 Å². The van der Waals surface area contributed by atoms with Crippen molar-refractivity contribution in [2.45, 2.75) is 64.0 Å². The molecular formula is C40H45BrClF3N2S2. The van der Waals surface area contributed by atoms with Gasteiger partial charge in [0.15, 0.2) is 0 Å². The second-order valence-corrected chi connectivity index (χ2v) is 15.0. The van der Waals surface area contributed by atoms with Crippen LogP contribution in [0.25, 0.3) is 6.08 Å². The lowest BCUT2D eigenvalue weighted by Gasteiger charge is -2.30. The highest BCUT2D eigenvalue weighted by Crippen LogP contribution is 2.40. The van der Waals surface area contributed by atoms with E-state index in [4.69, 9.17) is 0 Å². The Hall–Kier alpha value is -2.46. The standard InChI is InChI=1S/C19H19F2NS.C18H19BrFNS.C3H6.ClH/c1-2-13-3-5-19(17(21)11-13)23-18-6-4-15(20)12-16(18)14-7-9-22-10-8-14;1-21-10-8-13(9-11-21)17-12-15(20)4-7-18(17)22-16-5-2-14(19)3-6-16;1-3-2;/h2-6,11-12,14,22H,1,7-10H2;2-7,12-13H,8-11H2,1H3;3H,1H2,2H3;1H. The molecule has 262 valence electrons. The lowest BCUT2D eigenvalue weighted by Crippen LogP contribution is -2.29. The van der Waals surface area contributed by atoms with Crippen LogP contribution in [0.2, 0.25) is 0 Å². The van der Waals surface area contributed by atoms with Crippen LogP contribution in [0, 0.1) is 17.5 Å². The predicted molar refractivity (Wildman–Crippen MR) is 209 cm³/mol. The minimum atomic E-state index is -0.270. The van der Waals surface area contributed by atoms with E-state index in [2.05, 4.69) is 58.5 Å². The van der Waals surface area contributed by atoms with Crippen LogP contribution in [-0.4, -0.2) is 38.1 Å². The summed E-state index contributed by atoms with van der Waals surface area (Å²) in [6.45, 7) is 12.9. The second-order valence-electron chi connectivity index (χ2n) is 11.9. The van der Waals surface area contributed by atoms with Crippen molar-refractivity contribution in [1.29, 1.82) is 0 Å². The van der Waals surface area contributed by atoms with Gasteiger partial charge in [-0.1, -0.05) is 64.3 Å². The van der Waals surface area contributed by atoms with Gasteiger partial charge in [-0.2, -0.15) is 0 Å². The Morgan fingerprint density at radius 3 is 1.78 bits per heavy atom. The fourth-order valence-corrected chi connectivity index (χ4v) is 8.07. The van der Waals surface area contributed by atoms with Gasteiger partial charge < -0.3 is 10.2 Å². The lowest BCUT2D eigenvalue weighted by molar-refractivity contribution is 0.254. The number of piperidine rings is 2. The van der Waals surface area contributed by atoms with Gasteiger partial charge in [-0.15, -0.1) is 19.0 Å². The van der Waals surface area contributed by atoms with Crippen LogP contribution in [-0.2, 0) is 0 Å². The molecule has 2 nitrogen and oxygen atoms in total. The average molecular weight is 790 g/mol. The van der Waals surface area contributed by atoms with E-state index in [9.17, 15) is 13.2 Å². The quantitative estimate of drug-likeness (QED) is 0.188. The summed E-state index contributed by atoms with van der Waals surface area (Å²) < 4.78 is 42.8. The van der Waals surface area contributed by atoms with Crippen molar-refractivity contribution in [1.82, 2.24) is 10.2 Å². The summed E-state index contributed by atoms with van der Waals surface area (Å²) in [7, 11) is 2.15. The predicted octanol–water partition coefficient (Wildman–Crippen LogP) is 12.4. The Labute approximate surface area is 313 Å². The number of nitrogens with zero attached hydrogens (tertiary/aromatic N) is 1. The van der Waals surface area contributed by atoms with E-state index in [1.165, 1.54) is 39.2 Å². The van der Waals surface area contributed by atoms with E-state index in [1.54, 1.807) is 54.2 Å². The van der Waals surface area contributed by atoms with Gasteiger partial charge in [-0.05, 0) is 167 Å². The molecule has 0 amide bonds. The summed E-state index contributed by atoms with van der Waals surface area (Å²) in [5.41, 5.74) is 2.91. The van der Waals surface area contributed by atoms with Crippen LogP contribution in [0.15, 0.2) is 122 Å². The number of hydrogen-bond donors (Lipinski definition) is 1. The monoisotopic (exact) mass is 788 g/mol. The molecule has 0 aliphatic carbocycles. The largest absolute Gasteiger partial charge is 0.317 e.